The molecular weight excluding hydrogens is 244 g/mol. The third-order valence-corrected chi connectivity index (χ3v) is 3.30. The van der Waals surface area contributed by atoms with Gasteiger partial charge in [0.25, 0.3) is 0 Å². The molecule has 19 heavy (non-hydrogen) atoms. The van der Waals surface area contributed by atoms with Crippen LogP contribution in [0.3, 0.4) is 0 Å². The third-order valence-electron chi connectivity index (χ3n) is 3.30. The Morgan fingerprint density at radius 3 is 2.58 bits per heavy atom. The highest BCUT2D eigenvalue weighted by Gasteiger charge is 2.50. The molecule has 1 unspecified atom stereocenters. The average Bonchev–Trinajstić information content (AvgIpc) is 2.72. The van der Waals surface area contributed by atoms with Gasteiger partial charge in [0.1, 0.15) is 23.6 Å². The van der Waals surface area contributed by atoms with Crippen molar-refractivity contribution in [3.05, 3.63) is 11.9 Å². The first kappa shape index (κ1) is 14.0. The summed E-state index contributed by atoms with van der Waals surface area (Å²) in [4.78, 5) is 12.5. The van der Waals surface area contributed by atoms with Crippen LogP contribution < -0.4 is 11.1 Å². The van der Waals surface area contributed by atoms with Gasteiger partial charge < -0.3 is 15.8 Å². The van der Waals surface area contributed by atoms with E-state index in [9.17, 15) is 4.79 Å². The highest BCUT2D eigenvalue weighted by atomic mass is 16.6. The van der Waals surface area contributed by atoms with Crippen LogP contribution >= 0.6 is 0 Å². The van der Waals surface area contributed by atoms with Crippen molar-refractivity contribution in [2.24, 2.45) is 10.8 Å². The minimum Gasteiger partial charge on any atom is -0.412 e. The Hall–Kier alpha value is -1.40. The zero-order valence-corrected chi connectivity index (χ0v) is 11.8. The molecule has 2 rings (SSSR count). The Labute approximate surface area is 113 Å². The van der Waals surface area contributed by atoms with E-state index in [1.54, 1.807) is 12.4 Å². The first-order chi connectivity index (χ1) is 8.83. The fraction of sp³-hybridized carbons (Fsp3) is 0.692. The first-order valence-corrected chi connectivity index (χ1v) is 6.70. The second-order valence-electron chi connectivity index (χ2n) is 6.07. The SMILES string of the molecule is CC(C)(C)OC(=O)[N+]1(C2CCNCC2)C=C(N)C=N1. The molecule has 1 atom stereocenters. The predicted octanol–water partition coefficient (Wildman–Crippen LogP) is 1.29. The van der Waals surface area contributed by atoms with Crippen LogP contribution in [0.2, 0.25) is 0 Å². The Morgan fingerprint density at radius 1 is 1.47 bits per heavy atom. The molecule has 2 aliphatic heterocycles. The molecule has 2 heterocycles. The molecule has 0 aliphatic carbocycles. The molecule has 3 N–H and O–H groups in total. The van der Waals surface area contributed by atoms with Gasteiger partial charge in [0.2, 0.25) is 0 Å². The number of hydrogen-bond acceptors (Lipinski definition) is 5. The van der Waals surface area contributed by atoms with E-state index < -0.39 is 5.60 Å². The van der Waals surface area contributed by atoms with Crippen LogP contribution in [0.5, 0.6) is 0 Å². The van der Waals surface area contributed by atoms with Crippen molar-refractivity contribution in [1.82, 2.24) is 5.32 Å². The Kier molecular flexibility index (Phi) is 3.64. The van der Waals surface area contributed by atoms with Crippen molar-refractivity contribution >= 4 is 12.3 Å². The molecule has 0 spiro atoms. The van der Waals surface area contributed by atoms with E-state index in [1.165, 1.54) is 0 Å². The van der Waals surface area contributed by atoms with Crippen molar-refractivity contribution in [3.63, 3.8) is 0 Å². The summed E-state index contributed by atoms with van der Waals surface area (Å²) in [6.45, 7) is 7.34. The van der Waals surface area contributed by atoms with Crippen LogP contribution in [0, 0.1) is 0 Å². The summed E-state index contributed by atoms with van der Waals surface area (Å²) in [6.07, 6.45) is 4.65. The largest absolute Gasteiger partial charge is 0.549 e. The quantitative estimate of drug-likeness (QED) is 0.702. The van der Waals surface area contributed by atoms with Gasteiger partial charge in [-0.15, -0.1) is 0 Å². The van der Waals surface area contributed by atoms with E-state index in [2.05, 4.69) is 10.4 Å². The number of hydrogen-bond donors (Lipinski definition) is 2. The third kappa shape index (κ3) is 2.96. The summed E-state index contributed by atoms with van der Waals surface area (Å²) < 4.78 is 5.38. The van der Waals surface area contributed by atoms with Crippen LogP contribution in [-0.2, 0) is 4.74 Å². The van der Waals surface area contributed by atoms with Crippen LogP contribution in [-0.4, -0.2) is 41.6 Å². The summed E-state index contributed by atoms with van der Waals surface area (Å²) in [5.74, 6) is 0. The van der Waals surface area contributed by atoms with Crippen LogP contribution in [0.15, 0.2) is 17.0 Å². The van der Waals surface area contributed by atoms with Gasteiger partial charge in [-0.1, -0.05) is 9.69 Å². The monoisotopic (exact) mass is 267 g/mol. The van der Waals surface area contributed by atoms with Crippen molar-refractivity contribution in [1.29, 1.82) is 0 Å². The lowest BCUT2D eigenvalue weighted by atomic mass is 10.0. The van der Waals surface area contributed by atoms with Crippen LogP contribution in [0.4, 0.5) is 4.79 Å². The fourth-order valence-corrected chi connectivity index (χ4v) is 2.44. The Bertz CT molecular complexity index is 419. The highest BCUT2D eigenvalue weighted by Crippen LogP contribution is 2.30. The minimum atomic E-state index is -0.532. The maximum absolute atomic E-state index is 12.5. The molecule has 1 saturated heterocycles. The lowest BCUT2D eigenvalue weighted by Crippen LogP contribution is -2.55. The Balaban J connectivity index is 2.26. The number of quaternary nitrogens is 1. The van der Waals surface area contributed by atoms with Crippen molar-refractivity contribution in [2.75, 3.05) is 13.1 Å². The summed E-state index contributed by atoms with van der Waals surface area (Å²) in [6, 6.07) is 0.0911. The fourth-order valence-electron chi connectivity index (χ4n) is 2.44. The lowest BCUT2D eigenvalue weighted by Gasteiger charge is -2.34. The molecule has 0 saturated carbocycles. The van der Waals surface area contributed by atoms with Crippen molar-refractivity contribution < 1.29 is 14.1 Å². The predicted molar refractivity (Wildman–Crippen MR) is 73.1 cm³/mol. The Morgan fingerprint density at radius 2 is 2.11 bits per heavy atom. The van der Waals surface area contributed by atoms with Crippen molar-refractivity contribution in [2.45, 2.75) is 45.3 Å². The zero-order chi connectivity index (χ0) is 14.1. The van der Waals surface area contributed by atoms with Gasteiger partial charge in [0.15, 0.2) is 6.20 Å². The van der Waals surface area contributed by atoms with Gasteiger partial charge in [-0.25, -0.2) is 0 Å². The summed E-state index contributed by atoms with van der Waals surface area (Å²) in [7, 11) is 0. The average molecular weight is 267 g/mol. The van der Waals surface area contributed by atoms with Crippen molar-refractivity contribution in [3.8, 4) is 0 Å². The topological polar surface area (TPSA) is 76.7 Å². The van der Waals surface area contributed by atoms with E-state index in [1.807, 2.05) is 20.8 Å². The highest BCUT2D eigenvalue weighted by molar-refractivity contribution is 5.79. The van der Waals surface area contributed by atoms with E-state index in [-0.39, 0.29) is 16.7 Å². The van der Waals surface area contributed by atoms with E-state index >= 15 is 0 Å². The van der Waals surface area contributed by atoms with E-state index in [4.69, 9.17) is 10.5 Å². The molecule has 0 aromatic heterocycles. The normalized spacial score (nSPS) is 28.3. The number of rotatable bonds is 1. The number of nitrogens with two attached hydrogens (primary N) is 1. The van der Waals surface area contributed by atoms with Crippen LogP contribution in [0.25, 0.3) is 0 Å². The molecule has 2 aliphatic rings. The molecule has 6 nitrogen and oxygen atoms in total. The second-order valence-corrected chi connectivity index (χ2v) is 6.07. The minimum absolute atomic E-state index is 0.0911. The molecule has 0 radical (unpaired) electrons. The van der Waals surface area contributed by atoms with Gasteiger partial charge in [-0.3, -0.25) is 0 Å². The van der Waals surface area contributed by atoms with Gasteiger partial charge in [-0.2, -0.15) is 4.79 Å². The number of ether oxygens (including phenoxy) is 1. The van der Waals surface area contributed by atoms with E-state index in [0.29, 0.717) is 5.70 Å². The lowest BCUT2D eigenvalue weighted by molar-refractivity contribution is -0.839. The van der Waals surface area contributed by atoms with Gasteiger partial charge in [-0.05, 0) is 20.8 Å². The number of carbonyl (C=O) groups is 1. The molecule has 6 heteroatoms. The number of piperidine rings is 1. The smallest absolute Gasteiger partial charge is 0.412 e. The van der Waals surface area contributed by atoms with E-state index in [0.717, 1.165) is 25.9 Å². The molecule has 1 amide bonds. The molecular formula is C13H23N4O2+. The van der Waals surface area contributed by atoms with Gasteiger partial charge in [0, 0.05) is 25.9 Å². The number of amides is 1. The standard InChI is InChI=1S/C13H23N4O2/c1-13(2,3)19-12(18)17(9-10(14)8-16-17)11-4-6-15-7-5-11/h8-9,11,15H,4-7,14H2,1-3H3/q+1. The number of allylic oxidation sites excluding steroid dienone is 1. The number of carbonyl (C=O) groups excluding carboxylic acids is 1. The summed E-state index contributed by atoms with van der Waals surface area (Å²) in [5, 5.41) is 7.64. The van der Waals surface area contributed by atoms with Gasteiger partial charge >= 0.3 is 6.09 Å². The molecule has 1 fully saturated rings. The summed E-state index contributed by atoms with van der Waals surface area (Å²) >= 11 is 0. The molecule has 0 aromatic rings. The molecule has 0 aromatic carbocycles. The number of nitrogens with one attached hydrogen (secondary N) is 1. The molecule has 106 valence electrons. The first-order valence-electron chi connectivity index (χ1n) is 6.70. The zero-order valence-electron chi connectivity index (χ0n) is 11.8. The molecule has 0 bridgehead atoms. The maximum atomic E-state index is 12.5. The second kappa shape index (κ2) is 4.94. The number of nitrogens with zero attached hydrogens (tertiary/aromatic N) is 2. The maximum Gasteiger partial charge on any atom is 0.549 e. The summed E-state index contributed by atoms with van der Waals surface area (Å²) in [5.41, 5.74) is 5.78. The van der Waals surface area contributed by atoms with Crippen LogP contribution in [0.1, 0.15) is 33.6 Å². The van der Waals surface area contributed by atoms with Gasteiger partial charge in [0.05, 0.1) is 0 Å².